The van der Waals surface area contributed by atoms with Crippen molar-refractivity contribution in [3.05, 3.63) is 65.2 Å². The molecule has 2 aliphatic heterocycles. The van der Waals surface area contributed by atoms with E-state index < -0.39 is 5.54 Å². The molecule has 3 aliphatic rings. The third kappa shape index (κ3) is 3.48. The van der Waals surface area contributed by atoms with Crippen LogP contribution in [0.15, 0.2) is 48.5 Å². The molecule has 1 saturated carbocycles. The smallest absolute Gasteiger partial charge is 0.247 e. The molecular formula is C29H34N2O3. The Bertz CT molecular complexity index is 1130. The summed E-state index contributed by atoms with van der Waals surface area (Å²) in [5.74, 6) is -0.973. The molecule has 1 saturated heterocycles. The van der Waals surface area contributed by atoms with Gasteiger partial charge in [0, 0.05) is 16.6 Å². The molecule has 0 N–H and O–H groups in total. The van der Waals surface area contributed by atoms with Gasteiger partial charge in [0.25, 0.3) is 0 Å². The van der Waals surface area contributed by atoms with Crippen molar-refractivity contribution >= 4 is 23.4 Å². The summed E-state index contributed by atoms with van der Waals surface area (Å²) in [5, 5.41) is 0. The first-order valence-electron chi connectivity index (χ1n) is 12.5. The highest BCUT2D eigenvalue weighted by molar-refractivity contribution is 6.09. The molecule has 2 aromatic carbocycles. The minimum atomic E-state index is -0.499. The number of aryl methyl sites for hydroxylation is 1. The second-order valence-electron chi connectivity index (χ2n) is 11.2. The topological polar surface area (TPSA) is 57.7 Å². The number of amides is 3. The van der Waals surface area contributed by atoms with Crippen LogP contribution in [0.4, 0.5) is 5.69 Å². The summed E-state index contributed by atoms with van der Waals surface area (Å²) < 4.78 is 0. The lowest BCUT2D eigenvalue weighted by Gasteiger charge is -2.51. The van der Waals surface area contributed by atoms with Gasteiger partial charge in [-0.15, -0.1) is 0 Å². The Labute approximate surface area is 202 Å². The van der Waals surface area contributed by atoms with Crippen LogP contribution >= 0.6 is 0 Å². The Hall–Kier alpha value is -2.95. The molecule has 3 amide bonds. The Morgan fingerprint density at radius 1 is 0.941 bits per heavy atom. The van der Waals surface area contributed by atoms with Gasteiger partial charge in [0.05, 0.1) is 11.8 Å². The number of carbonyl (C=O) groups excluding carboxylic acids is 3. The quantitative estimate of drug-likeness (QED) is 0.609. The fraction of sp³-hybridized carbons (Fsp3) is 0.483. The van der Waals surface area contributed by atoms with Gasteiger partial charge in [0.2, 0.25) is 17.7 Å². The molecule has 3 atom stereocenters. The van der Waals surface area contributed by atoms with Crippen LogP contribution in [0, 0.1) is 18.8 Å². The van der Waals surface area contributed by atoms with E-state index in [9.17, 15) is 14.4 Å². The van der Waals surface area contributed by atoms with Gasteiger partial charge in [-0.05, 0) is 62.8 Å². The molecule has 34 heavy (non-hydrogen) atoms. The fourth-order valence-corrected chi connectivity index (χ4v) is 6.79. The Balaban J connectivity index is 1.53. The number of hydrogen-bond donors (Lipinski definition) is 0. The van der Waals surface area contributed by atoms with Crippen LogP contribution in [0.2, 0.25) is 0 Å². The number of benzene rings is 2. The summed E-state index contributed by atoms with van der Waals surface area (Å²) in [6.07, 6.45) is 4.20. The molecule has 0 aromatic heterocycles. The van der Waals surface area contributed by atoms with Crippen molar-refractivity contribution in [2.45, 2.75) is 70.8 Å². The van der Waals surface area contributed by atoms with Crippen molar-refractivity contribution in [1.29, 1.82) is 0 Å². The van der Waals surface area contributed by atoms with E-state index in [0.717, 1.165) is 48.9 Å². The van der Waals surface area contributed by atoms with Crippen molar-refractivity contribution in [1.82, 2.24) is 4.90 Å². The Kier molecular flexibility index (Phi) is 5.42. The van der Waals surface area contributed by atoms with Crippen LogP contribution in [-0.2, 0) is 19.8 Å². The monoisotopic (exact) mass is 458 g/mol. The van der Waals surface area contributed by atoms with Crippen LogP contribution in [0.1, 0.15) is 69.6 Å². The maximum atomic E-state index is 13.9. The van der Waals surface area contributed by atoms with Crippen molar-refractivity contribution in [2.24, 2.45) is 11.8 Å². The third-order valence-electron chi connectivity index (χ3n) is 8.27. The van der Waals surface area contributed by atoms with Crippen LogP contribution < -0.4 is 4.90 Å². The average Bonchev–Trinajstić information content (AvgIpc) is 3.04. The number of fused-ring (bicyclic) bond motifs is 2. The number of nitrogens with zero attached hydrogens (tertiary/aromatic N) is 2. The van der Waals surface area contributed by atoms with Crippen LogP contribution in [0.3, 0.4) is 0 Å². The molecule has 2 fully saturated rings. The number of likely N-dealkylation sites (tertiary alicyclic amines) is 1. The Morgan fingerprint density at radius 2 is 1.56 bits per heavy atom. The normalized spacial score (nSPS) is 28.0. The highest BCUT2D eigenvalue weighted by Gasteiger charge is 2.51. The van der Waals surface area contributed by atoms with E-state index in [0.29, 0.717) is 0 Å². The van der Waals surface area contributed by atoms with Crippen LogP contribution in [0.5, 0.6) is 0 Å². The SMILES string of the molecule is Cc1ccc2c(c1)N(C(=O)CN1C(=O)[C@@H]3CCCC[C@H]3C1=O)C(C)(C)C[C@@]2(C)c1ccccc1. The fourth-order valence-electron chi connectivity index (χ4n) is 6.79. The molecule has 2 heterocycles. The summed E-state index contributed by atoms with van der Waals surface area (Å²) in [6, 6.07) is 16.7. The van der Waals surface area contributed by atoms with E-state index in [2.05, 4.69) is 63.2 Å². The zero-order chi connectivity index (χ0) is 24.3. The van der Waals surface area contributed by atoms with E-state index in [1.807, 2.05) is 17.9 Å². The van der Waals surface area contributed by atoms with Crippen molar-refractivity contribution in [3.8, 4) is 0 Å². The van der Waals surface area contributed by atoms with Crippen molar-refractivity contribution in [2.75, 3.05) is 11.4 Å². The summed E-state index contributed by atoms with van der Waals surface area (Å²) in [5.41, 5.74) is 3.51. The third-order valence-corrected chi connectivity index (χ3v) is 8.27. The van der Waals surface area contributed by atoms with E-state index >= 15 is 0 Å². The van der Waals surface area contributed by atoms with Crippen molar-refractivity contribution < 1.29 is 14.4 Å². The largest absolute Gasteiger partial charge is 0.305 e. The molecule has 0 bridgehead atoms. The molecule has 1 aliphatic carbocycles. The van der Waals surface area contributed by atoms with Crippen LogP contribution in [-0.4, -0.2) is 34.7 Å². The molecular weight excluding hydrogens is 424 g/mol. The second-order valence-corrected chi connectivity index (χ2v) is 11.2. The van der Waals surface area contributed by atoms with Gasteiger partial charge in [-0.3, -0.25) is 19.3 Å². The van der Waals surface area contributed by atoms with Gasteiger partial charge < -0.3 is 4.90 Å². The predicted octanol–water partition coefficient (Wildman–Crippen LogP) is 4.99. The lowest BCUT2D eigenvalue weighted by Crippen LogP contribution is -2.58. The second kappa shape index (κ2) is 8.07. The highest BCUT2D eigenvalue weighted by atomic mass is 16.2. The molecule has 5 nitrogen and oxygen atoms in total. The first-order valence-corrected chi connectivity index (χ1v) is 12.5. The zero-order valence-corrected chi connectivity index (χ0v) is 20.6. The maximum absolute atomic E-state index is 13.9. The minimum absolute atomic E-state index is 0.156. The number of hydrogen-bond acceptors (Lipinski definition) is 3. The lowest BCUT2D eigenvalue weighted by atomic mass is 9.65. The van der Waals surface area contributed by atoms with Gasteiger partial charge in [-0.1, -0.05) is 62.2 Å². The van der Waals surface area contributed by atoms with Gasteiger partial charge in [-0.25, -0.2) is 0 Å². The summed E-state index contributed by atoms with van der Waals surface area (Å²) >= 11 is 0. The standard InChI is InChI=1S/C29H34N2O3/c1-19-14-15-23-24(16-19)31(28(2,3)18-29(23,4)20-10-6-5-7-11-20)25(32)17-30-26(33)21-12-8-9-13-22(21)27(30)34/h5-7,10-11,14-16,21-22H,8-9,12-13,17-18H2,1-4H3/t21-,22-,29+/m1/s1. The van der Waals surface area contributed by atoms with Gasteiger partial charge >= 0.3 is 0 Å². The van der Waals surface area contributed by atoms with Gasteiger partial charge in [0.1, 0.15) is 6.54 Å². The number of imide groups is 1. The predicted molar refractivity (Wildman–Crippen MR) is 132 cm³/mol. The van der Waals surface area contributed by atoms with E-state index in [1.54, 1.807) is 0 Å². The number of anilines is 1. The minimum Gasteiger partial charge on any atom is -0.305 e. The van der Waals surface area contributed by atoms with E-state index in [1.165, 1.54) is 10.5 Å². The molecule has 0 spiro atoms. The summed E-state index contributed by atoms with van der Waals surface area (Å²) in [4.78, 5) is 43.1. The summed E-state index contributed by atoms with van der Waals surface area (Å²) in [6.45, 7) is 8.28. The maximum Gasteiger partial charge on any atom is 0.247 e. The van der Waals surface area contributed by atoms with Gasteiger partial charge in [-0.2, -0.15) is 0 Å². The number of carbonyl (C=O) groups is 3. The zero-order valence-electron chi connectivity index (χ0n) is 20.6. The van der Waals surface area contributed by atoms with Gasteiger partial charge in [0.15, 0.2) is 0 Å². The molecule has 0 unspecified atom stereocenters. The highest BCUT2D eigenvalue weighted by Crippen LogP contribution is 2.50. The summed E-state index contributed by atoms with van der Waals surface area (Å²) in [7, 11) is 0. The molecule has 5 heteroatoms. The van der Waals surface area contributed by atoms with E-state index in [-0.39, 0.29) is 41.5 Å². The molecule has 178 valence electrons. The molecule has 2 aromatic rings. The first-order chi connectivity index (χ1) is 16.1. The van der Waals surface area contributed by atoms with Crippen LogP contribution in [0.25, 0.3) is 0 Å². The lowest BCUT2D eigenvalue weighted by molar-refractivity contribution is -0.143. The Morgan fingerprint density at radius 3 is 2.18 bits per heavy atom. The first kappa shape index (κ1) is 22.8. The molecule has 5 rings (SSSR count). The van der Waals surface area contributed by atoms with Crippen molar-refractivity contribution in [3.63, 3.8) is 0 Å². The number of rotatable bonds is 3. The molecule has 0 radical (unpaired) electrons. The van der Waals surface area contributed by atoms with E-state index in [4.69, 9.17) is 0 Å². The average molecular weight is 459 g/mol.